The Morgan fingerprint density at radius 3 is 2.56 bits per heavy atom. The van der Waals surface area contributed by atoms with Crippen LogP contribution in [-0.2, 0) is 6.42 Å². The van der Waals surface area contributed by atoms with Gasteiger partial charge in [0.05, 0.1) is 0 Å². The van der Waals surface area contributed by atoms with Crippen molar-refractivity contribution in [2.75, 3.05) is 26.2 Å². The highest BCUT2D eigenvalue weighted by atomic mass is 79.9. The quantitative estimate of drug-likeness (QED) is 0.899. The Bertz CT molecular complexity index is 344. The Morgan fingerprint density at radius 1 is 1.22 bits per heavy atom. The molecule has 1 aliphatic heterocycles. The molecule has 0 amide bonds. The highest BCUT2D eigenvalue weighted by Crippen LogP contribution is 2.14. The van der Waals surface area contributed by atoms with Gasteiger partial charge in [0.15, 0.2) is 0 Å². The van der Waals surface area contributed by atoms with Crippen LogP contribution in [0, 0.1) is 0 Å². The lowest BCUT2D eigenvalue weighted by atomic mass is 10.0. The number of benzene rings is 1. The smallest absolute Gasteiger partial charge is 0.0175 e. The number of nitrogens with zero attached hydrogens (tertiary/aromatic N) is 1. The number of hydrogen-bond acceptors (Lipinski definition) is 2. The van der Waals surface area contributed by atoms with E-state index >= 15 is 0 Å². The molecular weight excluding hydrogens is 288 g/mol. The van der Waals surface area contributed by atoms with Crippen LogP contribution in [0.5, 0.6) is 0 Å². The highest BCUT2D eigenvalue weighted by Gasteiger charge is 2.15. The number of nitrogens with one attached hydrogen (secondary N) is 1. The molecule has 1 aliphatic rings. The number of piperazine rings is 1. The molecule has 2 rings (SSSR count). The van der Waals surface area contributed by atoms with Gasteiger partial charge in [0.2, 0.25) is 0 Å². The normalized spacial score (nSPS) is 18.8. The van der Waals surface area contributed by atoms with Crippen molar-refractivity contribution >= 4 is 15.9 Å². The predicted molar refractivity (Wildman–Crippen MR) is 81.0 cm³/mol. The minimum Gasteiger partial charge on any atom is -0.314 e. The van der Waals surface area contributed by atoms with E-state index in [1.165, 1.54) is 42.4 Å². The summed E-state index contributed by atoms with van der Waals surface area (Å²) in [6, 6.07) is 9.44. The van der Waals surface area contributed by atoms with Crippen molar-refractivity contribution in [3.05, 3.63) is 34.3 Å². The van der Waals surface area contributed by atoms with Crippen LogP contribution in [0.2, 0.25) is 0 Å². The first-order chi connectivity index (χ1) is 8.75. The lowest BCUT2D eigenvalue weighted by molar-refractivity contribution is 0.174. The zero-order valence-electron chi connectivity index (χ0n) is 11.2. The maximum Gasteiger partial charge on any atom is 0.0175 e. The molecule has 1 saturated heterocycles. The molecule has 0 bridgehead atoms. The standard InChI is InChI=1S/C15H23BrN2/c1-13(18-11-9-17-10-12-18)3-2-4-14-5-7-15(16)8-6-14/h5-8,13,17H,2-4,9-12H2,1H3. The molecule has 2 nitrogen and oxygen atoms in total. The number of halogens is 1. The van der Waals surface area contributed by atoms with Crippen molar-refractivity contribution < 1.29 is 0 Å². The Kier molecular flexibility index (Phi) is 5.67. The Morgan fingerprint density at radius 2 is 1.89 bits per heavy atom. The summed E-state index contributed by atoms with van der Waals surface area (Å²) in [5, 5.41) is 3.41. The first-order valence-electron chi connectivity index (χ1n) is 6.95. The van der Waals surface area contributed by atoms with Crippen LogP contribution in [0.3, 0.4) is 0 Å². The molecule has 0 aliphatic carbocycles. The second-order valence-corrected chi connectivity index (χ2v) is 6.07. The third-order valence-corrected chi connectivity index (χ3v) is 4.30. The molecule has 18 heavy (non-hydrogen) atoms. The van der Waals surface area contributed by atoms with Crippen molar-refractivity contribution in [3.63, 3.8) is 0 Å². The zero-order chi connectivity index (χ0) is 12.8. The average molecular weight is 311 g/mol. The van der Waals surface area contributed by atoms with E-state index in [4.69, 9.17) is 0 Å². The summed E-state index contributed by atoms with van der Waals surface area (Å²) in [5.41, 5.74) is 1.45. The molecule has 0 radical (unpaired) electrons. The van der Waals surface area contributed by atoms with Gasteiger partial charge in [-0.1, -0.05) is 28.1 Å². The van der Waals surface area contributed by atoms with Crippen LogP contribution in [0.15, 0.2) is 28.7 Å². The van der Waals surface area contributed by atoms with E-state index in [0.717, 1.165) is 19.1 Å². The van der Waals surface area contributed by atoms with Crippen LogP contribution in [0.1, 0.15) is 25.3 Å². The van der Waals surface area contributed by atoms with Gasteiger partial charge >= 0.3 is 0 Å². The van der Waals surface area contributed by atoms with Crippen LogP contribution in [0.25, 0.3) is 0 Å². The predicted octanol–water partition coefficient (Wildman–Crippen LogP) is 3.07. The second kappa shape index (κ2) is 7.27. The van der Waals surface area contributed by atoms with E-state index < -0.39 is 0 Å². The molecule has 1 N–H and O–H groups in total. The van der Waals surface area contributed by atoms with E-state index in [-0.39, 0.29) is 0 Å². The third kappa shape index (κ3) is 4.38. The van der Waals surface area contributed by atoms with E-state index in [1.54, 1.807) is 0 Å². The van der Waals surface area contributed by atoms with Crippen molar-refractivity contribution in [1.82, 2.24) is 10.2 Å². The summed E-state index contributed by atoms with van der Waals surface area (Å²) in [6.07, 6.45) is 3.78. The van der Waals surface area contributed by atoms with Crippen LogP contribution < -0.4 is 5.32 Å². The number of aryl methyl sites for hydroxylation is 1. The average Bonchev–Trinajstić information content (AvgIpc) is 2.42. The van der Waals surface area contributed by atoms with Crippen molar-refractivity contribution in [2.45, 2.75) is 32.2 Å². The number of rotatable bonds is 5. The number of hydrogen-bond donors (Lipinski definition) is 1. The molecule has 1 atom stereocenters. The lowest BCUT2D eigenvalue weighted by Crippen LogP contribution is -2.47. The summed E-state index contributed by atoms with van der Waals surface area (Å²) in [6.45, 7) is 7.08. The van der Waals surface area contributed by atoms with Gasteiger partial charge in [-0.15, -0.1) is 0 Å². The van der Waals surface area contributed by atoms with Gasteiger partial charge in [-0.2, -0.15) is 0 Å². The molecule has 1 heterocycles. The zero-order valence-corrected chi connectivity index (χ0v) is 12.7. The SMILES string of the molecule is CC(CCCc1ccc(Br)cc1)N1CCNCC1. The second-order valence-electron chi connectivity index (χ2n) is 5.15. The molecule has 1 fully saturated rings. The monoisotopic (exact) mass is 310 g/mol. The minimum absolute atomic E-state index is 0.725. The fraction of sp³-hybridized carbons (Fsp3) is 0.600. The molecular formula is C15H23BrN2. The van der Waals surface area contributed by atoms with Crippen molar-refractivity contribution in [2.24, 2.45) is 0 Å². The van der Waals surface area contributed by atoms with E-state index in [0.29, 0.717) is 0 Å². The molecule has 1 aromatic carbocycles. The largest absolute Gasteiger partial charge is 0.314 e. The van der Waals surface area contributed by atoms with Crippen molar-refractivity contribution in [3.8, 4) is 0 Å². The molecule has 3 heteroatoms. The van der Waals surface area contributed by atoms with Crippen LogP contribution >= 0.6 is 15.9 Å². The maximum atomic E-state index is 3.48. The van der Waals surface area contributed by atoms with Gasteiger partial charge in [-0.25, -0.2) is 0 Å². The van der Waals surface area contributed by atoms with Crippen molar-refractivity contribution in [1.29, 1.82) is 0 Å². The first-order valence-corrected chi connectivity index (χ1v) is 7.74. The molecule has 1 unspecified atom stereocenters. The summed E-state index contributed by atoms with van der Waals surface area (Å²) in [4.78, 5) is 2.61. The summed E-state index contributed by atoms with van der Waals surface area (Å²) in [7, 11) is 0. The lowest BCUT2D eigenvalue weighted by Gasteiger charge is -2.32. The van der Waals surface area contributed by atoms with Gasteiger partial charge in [0, 0.05) is 36.7 Å². The Balaban J connectivity index is 1.69. The van der Waals surface area contributed by atoms with Gasteiger partial charge in [0.1, 0.15) is 0 Å². The Hall–Kier alpha value is -0.380. The minimum atomic E-state index is 0.725. The van der Waals surface area contributed by atoms with E-state index in [9.17, 15) is 0 Å². The molecule has 100 valence electrons. The van der Waals surface area contributed by atoms with Gasteiger partial charge in [0.25, 0.3) is 0 Å². The van der Waals surface area contributed by atoms with Crippen LogP contribution in [0.4, 0.5) is 0 Å². The van der Waals surface area contributed by atoms with Gasteiger partial charge < -0.3 is 5.32 Å². The van der Waals surface area contributed by atoms with E-state index in [1.807, 2.05) is 0 Å². The molecule has 0 saturated carbocycles. The summed E-state index contributed by atoms with van der Waals surface area (Å²) < 4.78 is 1.17. The van der Waals surface area contributed by atoms with Gasteiger partial charge in [-0.3, -0.25) is 4.90 Å². The molecule has 0 aromatic heterocycles. The summed E-state index contributed by atoms with van der Waals surface area (Å²) >= 11 is 3.48. The summed E-state index contributed by atoms with van der Waals surface area (Å²) in [5.74, 6) is 0. The van der Waals surface area contributed by atoms with E-state index in [2.05, 4.69) is 57.3 Å². The third-order valence-electron chi connectivity index (χ3n) is 3.78. The van der Waals surface area contributed by atoms with Crippen LogP contribution in [-0.4, -0.2) is 37.1 Å². The topological polar surface area (TPSA) is 15.3 Å². The molecule has 0 spiro atoms. The molecule has 1 aromatic rings. The van der Waals surface area contributed by atoms with Gasteiger partial charge in [-0.05, 0) is 43.9 Å². The fourth-order valence-corrected chi connectivity index (χ4v) is 2.82. The fourth-order valence-electron chi connectivity index (χ4n) is 2.56. The highest BCUT2D eigenvalue weighted by molar-refractivity contribution is 9.10. The first kappa shape index (κ1) is 14.0. The Labute approximate surface area is 119 Å². The maximum absolute atomic E-state index is 3.48.